The third kappa shape index (κ3) is 5.36. The van der Waals surface area contributed by atoms with E-state index in [-0.39, 0.29) is 0 Å². The molecule has 52 valence electrons. The molecule has 0 aliphatic rings. The van der Waals surface area contributed by atoms with E-state index in [4.69, 9.17) is 0 Å². The van der Waals surface area contributed by atoms with E-state index in [2.05, 4.69) is 28.1 Å². The summed E-state index contributed by atoms with van der Waals surface area (Å²) in [6, 6.07) is 0. The van der Waals surface area contributed by atoms with Gasteiger partial charge in [-0.1, -0.05) is 0 Å². The molecule has 0 amide bonds. The van der Waals surface area contributed by atoms with Gasteiger partial charge in [-0.15, -0.1) is 12.6 Å². The van der Waals surface area contributed by atoms with Crippen molar-refractivity contribution in [3.8, 4) is 0 Å². The van der Waals surface area contributed by atoms with Crippen LogP contribution in [0.3, 0.4) is 0 Å². The highest BCUT2D eigenvalue weighted by atomic mass is 32.1. The molecule has 0 aromatic carbocycles. The first-order chi connectivity index (χ1) is 4.31. The molecule has 0 fully saturated rings. The fraction of sp³-hybridized carbons (Fsp3) is 0.600. The lowest BCUT2D eigenvalue weighted by Crippen LogP contribution is -2.04. The summed E-state index contributed by atoms with van der Waals surface area (Å²) in [4.78, 5) is 3.75. The molecule has 0 aliphatic heterocycles. The third-order valence-corrected chi connectivity index (χ3v) is 0.974. The van der Waals surface area contributed by atoms with Crippen LogP contribution in [-0.2, 0) is 0 Å². The average Bonchev–Trinajstić information content (AvgIpc) is 1.89. The van der Waals surface area contributed by atoms with Gasteiger partial charge in [0, 0.05) is 13.6 Å². The van der Waals surface area contributed by atoms with Crippen LogP contribution in [0, 0.1) is 0 Å². The fourth-order valence-corrected chi connectivity index (χ4v) is 0.310. The molecule has 0 unspecified atom stereocenters. The molecule has 0 atom stereocenters. The van der Waals surface area contributed by atoms with Crippen molar-refractivity contribution in [3.05, 3.63) is 0 Å². The maximum atomic E-state index is 3.96. The normalized spacial score (nSPS) is 12.6. The van der Waals surface area contributed by atoms with Gasteiger partial charge in [0.1, 0.15) is 5.04 Å². The van der Waals surface area contributed by atoms with Gasteiger partial charge in [-0.25, -0.2) is 0 Å². The molecular weight excluding hydrogens is 134 g/mol. The smallest absolute Gasteiger partial charge is 0.107 e. The number of hydrazone groups is 1. The Morgan fingerprint density at radius 1 is 1.78 bits per heavy atom. The van der Waals surface area contributed by atoms with Crippen LogP contribution in [-0.4, -0.2) is 24.9 Å². The van der Waals surface area contributed by atoms with Crippen molar-refractivity contribution in [2.24, 2.45) is 10.1 Å². The SMILES string of the molecule is CCN/N=C\C(S)=N/C. The Balaban J connectivity index is 3.45. The van der Waals surface area contributed by atoms with E-state index in [0.717, 1.165) is 6.54 Å². The number of aliphatic imine (C=N–C) groups is 1. The van der Waals surface area contributed by atoms with Gasteiger partial charge in [-0.2, -0.15) is 5.10 Å². The fourth-order valence-electron chi connectivity index (χ4n) is 0.252. The summed E-state index contributed by atoms with van der Waals surface area (Å²) >= 11 is 3.96. The minimum Gasteiger partial charge on any atom is -0.310 e. The average molecular weight is 145 g/mol. The van der Waals surface area contributed by atoms with Crippen molar-refractivity contribution >= 4 is 23.9 Å². The van der Waals surface area contributed by atoms with Crippen molar-refractivity contribution in [1.82, 2.24) is 5.43 Å². The van der Waals surface area contributed by atoms with E-state index in [1.54, 1.807) is 13.3 Å². The van der Waals surface area contributed by atoms with Crippen LogP contribution in [0.5, 0.6) is 0 Å². The molecule has 3 nitrogen and oxygen atoms in total. The highest BCUT2D eigenvalue weighted by Crippen LogP contribution is 1.76. The Morgan fingerprint density at radius 3 is 2.89 bits per heavy atom. The second kappa shape index (κ2) is 5.62. The molecule has 0 aliphatic carbocycles. The molecule has 0 aromatic rings. The van der Waals surface area contributed by atoms with Crippen LogP contribution in [0.4, 0.5) is 0 Å². The topological polar surface area (TPSA) is 36.8 Å². The van der Waals surface area contributed by atoms with Crippen molar-refractivity contribution in [3.63, 3.8) is 0 Å². The van der Waals surface area contributed by atoms with Gasteiger partial charge < -0.3 is 5.43 Å². The Hall–Kier alpha value is -0.510. The van der Waals surface area contributed by atoms with Gasteiger partial charge in [-0.3, -0.25) is 4.99 Å². The first-order valence-corrected chi connectivity index (χ1v) is 3.17. The second-order valence-electron chi connectivity index (χ2n) is 1.35. The van der Waals surface area contributed by atoms with Crippen LogP contribution in [0.2, 0.25) is 0 Å². The predicted octanol–water partition coefficient (Wildman–Crippen LogP) is 0.540. The van der Waals surface area contributed by atoms with Gasteiger partial charge in [0.05, 0.1) is 6.21 Å². The monoisotopic (exact) mass is 145 g/mol. The Morgan fingerprint density at radius 2 is 2.44 bits per heavy atom. The van der Waals surface area contributed by atoms with E-state index < -0.39 is 0 Å². The lowest BCUT2D eigenvalue weighted by atomic mass is 10.8. The molecule has 0 rings (SSSR count). The molecule has 0 aromatic heterocycles. The zero-order chi connectivity index (χ0) is 7.11. The lowest BCUT2D eigenvalue weighted by molar-refractivity contribution is 0.789. The van der Waals surface area contributed by atoms with Crippen LogP contribution in [0.1, 0.15) is 6.92 Å². The Labute approximate surface area is 60.7 Å². The largest absolute Gasteiger partial charge is 0.310 e. The first-order valence-electron chi connectivity index (χ1n) is 2.73. The molecule has 0 saturated carbocycles. The number of hydrogen-bond donors (Lipinski definition) is 2. The molecule has 0 bridgehead atoms. The van der Waals surface area contributed by atoms with Crippen molar-refractivity contribution in [2.45, 2.75) is 6.92 Å². The summed E-state index contributed by atoms with van der Waals surface area (Å²) in [6.07, 6.45) is 1.56. The number of nitrogens with one attached hydrogen (secondary N) is 1. The van der Waals surface area contributed by atoms with Gasteiger partial charge >= 0.3 is 0 Å². The maximum Gasteiger partial charge on any atom is 0.107 e. The number of nitrogens with zero attached hydrogens (tertiary/aromatic N) is 2. The third-order valence-electron chi connectivity index (χ3n) is 0.659. The number of thiol groups is 1. The summed E-state index contributed by atoms with van der Waals surface area (Å²) in [6.45, 7) is 2.79. The zero-order valence-corrected chi connectivity index (χ0v) is 6.52. The summed E-state index contributed by atoms with van der Waals surface area (Å²) in [5, 5.41) is 4.40. The summed E-state index contributed by atoms with van der Waals surface area (Å²) in [5.74, 6) is 0. The second-order valence-corrected chi connectivity index (χ2v) is 1.81. The Kier molecular flexibility index (Phi) is 5.30. The van der Waals surface area contributed by atoms with Gasteiger partial charge in [0.25, 0.3) is 0 Å². The molecule has 0 saturated heterocycles. The predicted molar refractivity (Wildman–Crippen MR) is 44.5 cm³/mol. The van der Waals surface area contributed by atoms with Gasteiger partial charge in [0.2, 0.25) is 0 Å². The van der Waals surface area contributed by atoms with E-state index >= 15 is 0 Å². The molecule has 1 N–H and O–H groups in total. The highest BCUT2D eigenvalue weighted by Gasteiger charge is 1.77. The minimum atomic E-state index is 0.621. The van der Waals surface area contributed by atoms with Gasteiger partial charge in [0.15, 0.2) is 0 Å². The van der Waals surface area contributed by atoms with Crippen molar-refractivity contribution in [1.29, 1.82) is 0 Å². The van der Waals surface area contributed by atoms with Crippen LogP contribution in [0.25, 0.3) is 0 Å². The summed E-state index contributed by atoms with van der Waals surface area (Å²) < 4.78 is 0. The zero-order valence-electron chi connectivity index (χ0n) is 5.63. The standard InChI is InChI=1S/C5H11N3S/c1-3-7-8-4-5(9)6-2/h4,7H,3H2,1-2H3,(H,6,9)/b8-4-. The van der Waals surface area contributed by atoms with Gasteiger partial charge in [-0.05, 0) is 6.92 Å². The van der Waals surface area contributed by atoms with Crippen molar-refractivity contribution < 1.29 is 0 Å². The van der Waals surface area contributed by atoms with E-state index in [1.165, 1.54) is 0 Å². The molecule has 9 heavy (non-hydrogen) atoms. The number of hydrogen-bond acceptors (Lipinski definition) is 3. The highest BCUT2D eigenvalue weighted by molar-refractivity contribution is 7.99. The van der Waals surface area contributed by atoms with Crippen LogP contribution >= 0.6 is 12.6 Å². The quantitative estimate of drug-likeness (QED) is 0.258. The minimum absolute atomic E-state index is 0.621. The Bertz CT molecular complexity index is 119. The molecular formula is C5H11N3S. The lowest BCUT2D eigenvalue weighted by Gasteiger charge is -1.89. The van der Waals surface area contributed by atoms with E-state index in [1.807, 2.05) is 6.92 Å². The molecule has 0 radical (unpaired) electrons. The van der Waals surface area contributed by atoms with Crippen LogP contribution in [0.15, 0.2) is 10.1 Å². The van der Waals surface area contributed by atoms with E-state index in [0.29, 0.717) is 5.04 Å². The molecule has 0 spiro atoms. The molecule has 0 heterocycles. The summed E-state index contributed by atoms with van der Waals surface area (Å²) in [7, 11) is 1.67. The first kappa shape index (κ1) is 8.49. The summed E-state index contributed by atoms with van der Waals surface area (Å²) in [5.41, 5.74) is 2.75. The number of rotatable bonds is 3. The van der Waals surface area contributed by atoms with Crippen LogP contribution < -0.4 is 5.43 Å². The maximum absolute atomic E-state index is 3.96. The molecule has 4 heteroatoms. The van der Waals surface area contributed by atoms with E-state index in [9.17, 15) is 0 Å². The van der Waals surface area contributed by atoms with Crippen molar-refractivity contribution in [2.75, 3.05) is 13.6 Å².